The monoisotopic (exact) mass is 246 g/mol. The normalized spacial score (nSPS) is 16.6. The lowest BCUT2D eigenvalue weighted by Crippen LogP contribution is -2.43. The summed E-state index contributed by atoms with van der Waals surface area (Å²) in [5.41, 5.74) is 3.63. The van der Waals surface area contributed by atoms with Crippen molar-refractivity contribution < 1.29 is 4.79 Å². The van der Waals surface area contributed by atoms with Crippen LogP contribution in [0, 0.1) is 13.8 Å². The van der Waals surface area contributed by atoms with E-state index in [0.717, 1.165) is 31.5 Å². The van der Waals surface area contributed by atoms with Crippen LogP contribution in [0.25, 0.3) is 0 Å². The zero-order chi connectivity index (χ0) is 13.0. The molecule has 1 heterocycles. The van der Waals surface area contributed by atoms with Gasteiger partial charge in [0.05, 0.1) is 6.42 Å². The van der Waals surface area contributed by atoms with Gasteiger partial charge in [-0.15, -0.1) is 0 Å². The molecule has 0 aliphatic carbocycles. The number of carbonyl (C=O) groups excluding carboxylic acids is 1. The number of hydrogen-bond donors (Lipinski definition) is 2. The second kappa shape index (κ2) is 6.01. The molecule has 1 aliphatic heterocycles. The van der Waals surface area contributed by atoms with Crippen LogP contribution in [-0.2, 0) is 11.2 Å². The molecule has 3 nitrogen and oxygen atoms in total. The van der Waals surface area contributed by atoms with E-state index < -0.39 is 0 Å². The predicted molar refractivity (Wildman–Crippen MR) is 73.7 cm³/mol. The summed E-state index contributed by atoms with van der Waals surface area (Å²) in [6.45, 7) is 6.20. The van der Waals surface area contributed by atoms with Crippen molar-refractivity contribution in [3.8, 4) is 0 Å². The molecule has 0 saturated carbocycles. The van der Waals surface area contributed by atoms with Crippen LogP contribution in [0.2, 0.25) is 0 Å². The molecule has 3 heteroatoms. The van der Waals surface area contributed by atoms with Gasteiger partial charge in [-0.3, -0.25) is 4.79 Å². The van der Waals surface area contributed by atoms with Gasteiger partial charge in [0, 0.05) is 6.04 Å². The van der Waals surface area contributed by atoms with Gasteiger partial charge in [0.2, 0.25) is 5.91 Å². The van der Waals surface area contributed by atoms with Crippen molar-refractivity contribution in [3.63, 3.8) is 0 Å². The molecule has 0 bridgehead atoms. The molecule has 0 spiro atoms. The first-order chi connectivity index (χ1) is 8.65. The minimum absolute atomic E-state index is 0.144. The van der Waals surface area contributed by atoms with Gasteiger partial charge in [0.1, 0.15) is 0 Å². The highest BCUT2D eigenvalue weighted by atomic mass is 16.1. The molecule has 0 unspecified atom stereocenters. The SMILES string of the molecule is Cc1ccc(CC(=O)NC2CCNCC2)cc1C. The van der Waals surface area contributed by atoms with Gasteiger partial charge >= 0.3 is 0 Å². The Bertz CT molecular complexity index is 423. The van der Waals surface area contributed by atoms with E-state index in [1.165, 1.54) is 11.1 Å². The third-order valence-corrected chi connectivity index (χ3v) is 3.64. The number of hydrogen-bond acceptors (Lipinski definition) is 2. The van der Waals surface area contributed by atoms with Crippen LogP contribution in [0.3, 0.4) is 0 Å². The molecule has 1 aromatic rings. The van der Waals surface area contributed by atoms with Crippen LogP contribution in [0.1, 0.15) is 29.5 Å². The fourth-order valence-corrected chi connectivity index (χ4v) is 2.34. The zero-order valence-corrected chi connectivity index (χ0v) is 11.3. The number of piperidine rings is 1. The lowest BCUT2D eigenvalue weighted by atomic mass is 10.0. The van der Waals surface area contributed by atoms with Crippen molar-refractivity contribution in [2.45, 2.75) is 39.2 Å². The van der Waals surface area contributed by atoms with Gasteiger partial charge in [0.15, 0.2) is 0 Å². The molecule has 1 amide bonds. The van der Waals surface area contributed by atoms with E-state index in [1.807, 2.05) is 6.07 Å². The van der Waals surface area contributed by atoms with E-state index in [9.17, 15) is 4.79 Å². The van der Waals surface area contributed by atoms with E-state index in [4.69, 9.17) is 0 Å². The molecule has 0 aromatic heterocycles. The maximum Gasteiger partial charge on any atom is 0.224 e. The van der Waals surface area contributed by atoms with Crippen molar-refractivity contribution in [2.75, 3.05) is 13.1 Å². The van der Waals surface area contributed by atoms with Crippen molar-refractivity contribution in [3.05, 3.63) is 34.9 Å². The lowest BCUT2D eigenvalue weighted by Gasteiger charge is -2.23. The van der Waals surface area contributed by atoms with Gasteiger partial charge < -0.3 is 10.6 Å². The summed E-state index contributed by atoms with van der Waals surface area (Å²) in [5, 5.41) is 6.42. The molecule has 18 heavy (non-hydrogen) atoms. The summed E-state index contributed by atoms with van der Waals surface area (Å²) < 4.78 is 0. The van der Waals surface area contributed by atoms with Crippen LogP contribution in [0.5, 0.6) is 0 Å². The van der Waals surface area contributed by atoms with Crippen LogP contribution in [0.4, 0.5) is 0 Å². The summed E-state index contributed by atoms with van der Waals surface area (Å²) in [6.07, 6.45) is 2.57. The number of benzene rings is 1. The second-order valence-corrected chi connectivity index (χ2v) is 5.19. The van der Waals surface area contributed by atoms with Crippen molar-refractivity contribution in [2.24, 2.45) is 0 Å². The molecular weight excluding hydrogens is 224 g/mol. The average molecular weight is 246 g/mol. The van der Waals surface area contributed by atoms with Crippen molar-refractivity contribution in [1.82, 2.24) is 10.6 Å². The predicted octanol–water partition coefficient (Wildman–Crippen LogP) is 1.71. The number of nitrogens with one attached hydrogen (secondary N) is 2. The third-order valence-electron chi connectivity index (χ3n) is 3.64. The minimum atomic E-state index is 0.144. The number of aryl methyl sites for hydroxylation is 2. The fraction of sp³-hybridized carbons (Fsp3) is 0.533. The second-order valence-electron chi connectivity index (χ2n) is 5.19. The van der Waals surface area contributed by atoms with E-state index >= 15 is 0 Å². The highest BCUT2D eigenvalue weighted by Gasteiger charge is 2.15. The highest BCUT2D eigenvalue weighted by molar-refractivity contribution is 5.78. The summed E-state index contributed by atoms with van der Waals surface area (Å²) in [6, 6.07) is 6.59. The fourth-order valence-electron chi connectivity index (χ4n) is 2.34. The van der Waals surface area contributed by atoms with Crippen LogP contribution in [0.15, 0.2) is 18.2 Å². The summed E-state index contributed by atoms with van der Waals surface area (Å²) in [7, 11) is 0. The Balaban J connectivity index is 1.88. The molecule has 1 aromatic carbocycles. The first-order valence-electron chi connectivity index (χ1n) is 6.71. The Kier molecular flexibility index (Phi) is 4.37. The van der Waals surface area contributed by atoms with E-state index in [1.54, 1.807) is 0 Å². The molecule has 2 N–H and O–H groups in total. The molecule has 0 atom stereocenters. The van der Waals surface area contributed by atoms with Crippen LogP contribution < -0.4 is 10.6 Å². The number of carbonyl (C=O) groups is 1. The Morgan fingerprint density at radius 1 is 1.28 bits per heavy atom. The lowest BCUT2D eigenvalue weighted by molar-refractivity contribution is -0.121. The Morgan fingerprint density at radius 3 is 2.67 bits per heavy atom. The zero-order valence-electron chi connectivity index (χ0n) is 11.3. The van der Waals surface area contributed by atoms with Gasteiger partial charge in [0.25, 0.3) is 0 Å². The quantitative estimate of drug-likeness (QED) is 0.852. The van der Waals surface area contributed by atoms with E-state index in [-0.39, 0.29) is 5.91 Å². The van der Waals surface area contributed by atoms with Crippen LogP contribution >= 0.6 is 0 Å². The molecule has 1 aliphatic rings. The van der Waals surface area contributed by atoms with Gasteiger partial charge in [-0.05, 0) is 56.5 Å². The number of rotatable bonds is 3. The first-order valence-corrected chi connectivity index (χ1v) is 6.71. The molecule has 1 fully saturated rings. The van der Waals surface area contributed by atoms with Crippen LogP contribution in [-0.4, -0.2) is 25.0 Å². The summed E-state index contributed by atoms with van der Waals surface area (Å²) >= 11 is 0. The molecule has 2 rings (SSSR count). The molecular formula is C15H22N2O. The van der Waals surface area contributed by atoms with Crippen molar-refractivity contribution in [1.29, 1.82) is 0 Å². The van der Waals surface area contributed by atoms with E-state index in [0.29, 0.717) is 12.5 Å². The third kappa shape index (κ3) is 3.57. The van der Waals surface area contributed by atoms with Crippen molar-refractivity contribution >= 4 is 5.91 Å². The minimum Gasteiger partial charge on any atom is -0.353 e. The molecule has 0 radical (unpaired) electrons. The maximum atomic E-state index is 11.9. The first kappa shape index (κ1) is 13.1. The summed E-state index contributed by atoms with van der Waals surface area (Å²) in [5.74, 6) is 0.144. The molecule has 1 saturated heterocycles. The standard InChI is InChI=1S/C15H22N2O/c1-11-3-4-13(9-12(11)2)10-15(18)17-14-5-7-16-8-6-14/h3-4,9,14,16H,5-8,10H2,1-2H3,(H,17,18). The Hall–Kier alpha value is -1.35. The maximum absolute atomic E-state index is 11.9. The topological polar surface area (TPSA) is 41.1 Å². The smallest absolute Gasteiger partial charge is 0.224 e. The Morgan fingerprint density at radius 2 is 2.00 bits per heavy atom. The molecule has 98 valence electrons. The van der Waals surface area contributed by atoms with Gasteiger partial charge in [-0.2, -0.15) is 0 Å². The highest BCUT2D eigenvalue weighted by Crippen LogP contribution is 2.10. The summed E-state index contributed by atoms with van der Waals surface area (Å²) in [4.78, 5) is 11.9. The number of amides is 1. The van der Waals surface area contributed by atoms with Gasteiger partial charge in [-0.1, -0.05) is 18.2 Å². The largest absolute Gasteiger partial charge is 0.353 e. The van der Waals surface area contributed by atoms with Gasteiger partial charge in [-0.25, -0.2) is 0 Å². The Labute approximate surface area is 109 Å². The van der Waals surface area contributed by atoms with E-state index in [2.05, 4.69) is 36.6 Å². The average Bonchev–Trinajstić information content (AvgIpc) is 2.35.